The van der Waals surface area contributed by atoms with Crippen molar-refractivity contribution < 1.29 is 18.8 Å². The normalized spacial score (nSPS) is 19.4. The molecule has 0 amide bonds. The molecule has 1 atom stereocenters. The number of esters is 1. The first-order valence-corrected chi connectivity index (χ1v) is 9.53. The van der Waals surface area contributed by atoms with Crippen molar-refractivity contribution in [3.8, 4) is 11.3 Å². The van der Waals surface area contributed by atoms with Crippen LogP contribution in [0.2, 0.25) is 0 Å². The fourth-order valence-corrected chi connectivity index (χ4v) is 3.92. The van der Waals surface area contributed by atoms with Gasteiger partial charge < -0.3 is 14.6 Å². The molecule has 1 aromatic carbocycles. The maximum Gasteiger partial charge on any atom is 0.336 e. The minimum atomic E-state index is -0.579. The second-order valence-electron chi connectivity index (χ2n) is 6.97. The molecule has 2 heterocycles. The number of Topliss-reactive ketones (excluding diaryl/α,β-unsaturated/α-hetero) is 1. The molecule has 0 fully saturated rings. The van der Waals surface area contributed by atoms with Crippen molar-refractivity contribution in [2.75, 3.05) is 6.61 Å². The van der Waals surface area contributed by atoms with E-state index in [-0.39, 0.29) is 12.4 Å². The van der Waals surface area contributed by atoms with Crippen molar-refractivity contribution in [3.63, 3.8) is 0 Å². The molecule has 0 saturated heterocycles. The fourth-order valence-electron chi connectivity index (χ4n) is 3.92. The smallest absolute Gasteiger partial charge is 0.336 e. The van der Waals surface area contributed by atoms with Gasteiger partial charge in [0.2, 0.25) is 0 Å². The van der Waals surface area contributed by atoms with Crippen LogP contribution in [-0.2, 0) is 14.3 Å². The molecule has 6 nitrogen and oxygen atoms in total. The maximum atomic E-state index is 12.8. The number of allylic oxidation sites excluding steroid dienone is 3. The van der Waals surface area contributed by atoms with Crippen molar-refractivity contribution in [1.29, 1.82) is 0 Å². The Morgan fingerprint density at radius 2 is 2.07 bits per heavy atom. The Morgan fingerprint density at radius 3 is 2.82 bits per heavy atom. The number of hydrogen-bond acceptors (Lipinski definition) is 6. The van der Waals surface area contributed by atoms with Gasteiger partial charge in [0.1, 0.15) is 0 Å². The van der Waals surface area contributed by atoms with Gasteiger partial charge in [-0.25, -0.2) is 4.79 Å². The number of rotatable bonds is 4. The standard InChI is InChI=1S/C22H22N2O4/c1-3-27-22(26)19-13(2)23-15-10-7-11-17(25)20(15)21(19)16-12-18(28-24-16)14-8-5-4-6-9-14/h4-6,8-9,12,21,23H,3,7,10-11H2,1-2H3. The van der Waals surface area contributed by atoms with Crippen LogP contribution in [0.15, 0.2) is 63.5 Å². The summed E-state index contributed by atoms with van der Waals surface area (Å²) in [4.78, 5) is 25.5. The third kappa shape index (κ3) is 3.15. The van der Waals surface area contributed by atoms with E-state index in [9.17, 15) is 9.59 Å². The van der Waals surface area contributed by atoms with Gasteiger partial charge in [-0.05, 0) is 26.7 Å². The lowest BCUT2D eigenvalue weighted by Gasteiger charge is -2.32. The molecule has 1 aliphatic carbocycles. The minimum Gasteiger partial charge on any atom is -0.463 e. The van der Waals surface area contributed by atoms with E-state index in [2.05, 4.69) is 10.5 Å². The van der Waals surface area contributed by atoms with E-state index >= 15 is 0 Å². The summed E-state index contributed by atoms with van der Waals surface area (Å²) in [5, 5.41) is 7.49. The van der Waals surface area contributed by atoms with Gasteiger partial charge in [0.05, 0.1) is 23.8 Å². The van der Waals surface area contributed by atoms with E-state index in [0.717, 1.165) is 24.1 Å². The molecule has 1 aliphatic heterocycles. The van der Waals surface area contributed by atoms with Crippen LogP contribution in [0.1, 0.15) is 44.7 Å². The van der Waals surface area contributed by atoms with Crippen molar-refractivity contribution in [2.24, 2.45) is 0 Å². The lowest BCUT2D eigenvalue weighted by atomic mass is 9.77. The fraction of sp³-hybridized carbons (Fsp3) is 0.318. The summed E-state index contributed by atoms with van der Waals surface area (Å²) in [7, 11) is 0. The lowest BCUT2D eigenvalue weighted by molar-refractivity contribution is -0.138. The van der Waals surface area contributed by atoms with E-state index in [1.54, 1.807) is 6.92 Å². The highest BCUT2D eigenvalue weighted by molar-refractivity contribution is 6.03. The summed E-state index contributed by atoms with van der Waals surface area (Å²) in [6, 6.07) is 11.4. The molecule has 2 aromatic rings. The molecule has 144 valence electrons. The van der Waals surface area contributed by atoms with Gasteiger partial charge in [-0.3, -0.25) is 4.79 Å². The quantitative estimate of drug-likeness (QED) is 0.814. The molecule has 0 spiro atoms. The van der Waals surface area contributed by atoms with E-state index in [1.165, 1.54) is 0 Å². The molecule has 6 heteroatoms. The highest BCUT2D eigenvalue weighted by Gasteiger charge is 2.40. The molecule has 2 aliphatic rings. The van der Waals surface area contributed by atoms with Crippen LogP contribution in [0.25, 0.3) is 11.3 Å². The monoisotopic (exact) mass is 378 g/mol. The van der Waals surface area contributed by atoms with Gasteiger partial charge >= 0.3 is 5.97 Å². The van der Waals surface area contributed by atoms with E-state index < -0.39 is 11.9 Å². The number of benzene rings is 1. The van der Waals surface area contributed by atoms with Gasteiger partial charge in [-0.1, -0.05) is 35.5 Å². The highest BCUT2D eigenvalue weighted by Crippen LogP contribution is 2.42. The highest BCUT2D eigenvalue weighted by atomic mass is 16.5. The Bertz CT molecular complexity index is 985. The average molecular weight is 378 g/mol. The van der Waals surface area contributed by atoms with Gasteiger partial charge in [-0.15, -0.1) is 0 Å². The maximum absolute atomic E-state index is 12.8. The molecule has 1 aromatic heterocycles. The zero-order chi connectivity index (χ0) is 19.7. The topological polar surface area (TPSA) is 81.4 Å². The first-order valence-electron chi connectivity index (χ1n) is 9.53. The number of ether oxygens (including phenoxy) is 1. The molecule has 28 heavy (non-hydrogen) atoms. The average Bonchev–Trinajstić information content (AvgIpc) is 3.18. The second kappa shape index (κ2) is 7.46. The number of hydrogen-bond donors (Lipinski definition) is 1. The second-order valence-corrected chi connectivity index (χ2v) is 6.97. The number of nitrogens with one attached hydrogen (secondary N) is 1. The van der Waals surface area contributed by atoms with Crippen molar-refractivity contribution in [3.05, 3.63) is 64.6 Å². The third-order valence-corrected chi connectivity index (χ3v) is 5.15. The van der Waals surface area contributed by atoms with E-state index in [1.807, 2.05) is 43.3 Å². The van der Waals surface area contributed by atoms with Crippen LogP contribution in [0.3, 0.4) is 0 Å². The third-order valence-electron chi connectivity index (χ3n) is 5.15. The van der Waals surface area contributed by atoms with Gasteiger partial charge in [0.15, 0.2) is 11.5 Å². The number of carbonyl (C=O) groups excluding carboxylic acids is 2. The molecule has 1 unspecified atom stereocenters. The molecular weight excluding hydrogens is 356 g/mol. The van der Waals surface area contributed by atoms with Crippen LogP contribution in [0.5, 0.6) is 0 Å². The molecule has 0 radical (unpaired) electrons. The predicted molar refractivity (Wildman–Crippen MR) is 103 cm³/mol. The summed E-state index contributed by atoms with van der Waals surface area (Å²) < 4.78 is 10.8. The minimum absolute atomic E-state index is 0.0392. The summed E-state index contributed by atoms with van der Waals surface area (Å²) in [5.41, 5.74) is 4.03. The Hall–Kier alpha value is -3.15. The Labute approximate surface area is 163 Å². The first kappa shape index (κ1) is 18.2. The van der Waals surface area contributed by atoms with E-state index in [4.69, 9.17) is 9.26 Å². The molecule has 0 saturated carbocycles. The Balaban J connectivity index is 1.82. The lowest BCUT2D eigenvalue weighted by Crippen LogP contribution is -2.34. The zero-order valence-corrected chi connectivity index (χ0v) is 16.0. The Morgan fingerprint density at radius 1 is 1.29 bits per heavy atom. The number of aromatic nitrogens is 1. The first-order chi connectivity index (χ1) is 13.6. The van der Waals surface area contributed by atoms with Crippen LogP contribution in [0, 0.1) is 0 Å². The van der Waals surface area contributed by atoms with Crippen molar-refractivity contribution in [1.82, 2.24) is 10.5 Å². The number of nitrogens with zero attached hydrogens (tertiary/aromatic N) is 1. The molecular formula is C22H22N2O4. The molecule has 0 bridgehead atoms. The van der Waals surface area contributed by atoms with Crippen LogP contribution < -0.4 is 5.32 Å². The number of dihydropyridines is 1. The number of ketones is 1. The molecule has 4 rings (SSSR count). The zero-order valence-electron chi connectivity index (χ0n) is 16.0. The Kier molecular flexibility index (Phi) is 4.86. The van der Waals surface area contributed by atoms with Crippen LogP contribution in [-0.4, -0.2) is 23.5 Å². The van der Waals surface area contributed by atoms with Crippen LogP contribution >= 0.6 is 0 Å². The van der Waals surface area contributed by atoms with Crippen molar-refractivity contribution in [2.45, 2.75) is 39.0 Å². The molecule has 1 N–H and O–H groups in total. The van der Waals surface area contributed by atoms with Gasteiger partial charge in [0, 0.05) is 35.0 Å². The van der Waals surface area contributed by atoms with Crippen LogP contribution in [0.4, 0.5) is 0 Å². The summed E-state index contributed by atoms with van der Waals surface area (Å²) in [6.45, 7) is 3.86. The van der Waals surface area contributed by atoms with Gasteiger partial charge in [-0.2, -0.15) is 0 Å². The van der Waals surface area contributed by atoms with Gasteiger partial charge in [0.25, 0.3) is 0 Å². The summed E-state index contributed by atoms with van der Waals surface area (Å²) >= 11 is 0. The largest absolute Gasteiger partial charge is 0.463 e. The van der Waals surface area contributed by atoms with Crippen molar-refractivity contribution >= 4 is 11.8 Å². The van der Waals surface area contributed by atoms with E-state index in [0.29, 0.717) is 34.7 Å². The summed E-state index contributed by atoms with van der Waals surface area (Å²) in [5.74, 6) is -0.381. The summed E-state index contributed by atoms with van der Waals surface area (Å²) in [6.07, 6.45) is 2.04. The number of carbonyl (C=O) groups is 2. The predicted octanol–water partition coefficient (Wildman–Crippen LogP) is 3.87. The SMILES string of the molecule is CCOC(=O)C1=C(C)NC2=C(C(=O)CCC2)C1c1cc(-c2ccccc2)on1.